The van der Waals surface area contributed by atoms with Gasteiger partial charge in [-0.1, -0.05) is 17.8 Å². The molecule has 4 rings (SSSR count). The predicted molar refractivity (Wildman–Crippen MR) is 132 cm³/mol. The third kappa shape index (κ3) is 5.80. The summed E-state index contributed by atoms with van der Waals surface area (Å²) in [4.78, 5) is 18.2. The second-order valence-corrected chi connectivity index (χ2v) is 9.53. The summed E-state index contributed by atoms with van der Waals surface area (Å²) in [5.74, 6) is 1.44. The smallest absolute Gasteiger partial charge is 0.233 e. The lowest BCUT2D eigenvalue weighted by atomic mass is 10.2. The average Bonchev–Trinajstić information content (AvgIpc) is 3.50. The van der Waals surface area contributed by atoms with Crippen LogP contribution in [0.15, 0.2) is 71.5 Å². The summed E-state index contributed by atoms with van der Waals surface area (Å²) in [5.41, 5.74) is 1.73. The second-order valence-electron chi connectivity index (χ2n) is 7.19. The van der Waals surface area contributed by atoms with Crippen LogP contribution in [-0.2, 0) is 11.2 Å². The average molecular weight is 480 g/mol. The van der Waals surface area contributed by atoms with Gasteiger partial charge in [-0.25, -0.2) is 0 Å². The highest BCUT2D eigenvalue weighted by atomic mass is 32.2. The minimum Gasteiger partial charge on any atom is -0.494 e. The molecule has 1 unspecified atom stereocenters. The number of carbonyl (C=O) groups is 1. The molecule has 1 aromatic carbocycles. The van der Waals surface area contributed by atoms with Gasteiger partial charge >= 0.3 is 0 Å². The highest BCUT2D eigenvalue weighted by Crippen LogP contribution is 2.30. The third-order valence-electron chi connectivity index (χ3n) is 4.86. The number of nitrogens with zero attached hydrogens (tertiary/aromatic N) is 4. The van der Waals surface area contributed by atoms with E-state index in [9.17, 15) is 4.79 Å². The predicted octanol–water partition coefficient (Wildman–Crippen LogP) is 4.63. The maximum absolute atomic E-state index is 12.7. The number of hydrogen-bond donors (Lipinski definition) is 1. The number of aromatic nitrogens is 4. The summed E-state index contributed by atoms with van der Waals surface area (Å²) in [7, 11) is 0. The van der Waals surface area contributed by atoms with Gasteiger partial charge in [0.05, 0.1) is 11.9 Å². The van der Waals surface area contributed by atoms with Crippen LogP contribution in [0.4, 0.5) is 0 Å². The zero-order chi connectivity index (χ0) is 23.0. The Labute approximate surface area is 201 Å². The van der Waals surface area contributed by atoms with Crippen LogP contribution >= 0.6 is 23.1 Å². The fraction of sp³-hybridized carbons (Fsp3) is 0.250. The number of thioether (sulfide) groups is 1. The van der Waals surface area contributed by atoms with Gasteiger partial charge in [-0.2, -0.15) is 0 Å². The molecule has 0 aliphatic carbocycles. The van der Waals surface area contributed by atoms with Gasteiger partial charge in [0.25, 0.3) is 0 Å². The van der Waals surface area contributed by atoms with Gasteiger partial charge in [0.15, 0.2) is 11.0 Å². The Morgan fingerprint density at radius 3 is 2.73 bits per heavy atom. The Balaban J connectivity index is 1.54. The minimum absolute atomic E-state index is 0.0271. The Morgan fingerprint density at radius 1 is 1.18 bits per heavy atom. The molecule has 1 amide bonds. The molecule has 0 aliphatic heterocycles. The lowest BCUT2D eigenvalue weighted by Gasteiger charge is -2.14. The first-order valence-corrected chi connectivity index (χ1v) is 12.5. The Morgan fingerprint density at radius 2 is 2.03 bits per heavy atom. The molecule has 0 radical (unpaired) electrons. The first-order valence-electron chi connectivity index (χ1n) is 10.7. The minimum atomic E-state index is -0.333. The topological polar surface area (TPSA) is 81.9 Å². The molecule has 4 aromatic rings. The van der Waals surface area contributed by atoms with Gasteiger partial charge in [-0.3, -0.25) is 14.3 Å². The third-order valence-corrected chi connectivity index (χ3v) is 6.84. The lowest BCUT2D eigenvalue weighted by molar-refractivity contribution is -0.120. The molecule has 170 valence electrons. The molecule has 0 aliphatic rings. The summed E-state index contributed by atoms with van der Waals surface area (Å²) >= 11 is 3.08. The summed E-state index contributed by atoms with van der Waals surface area (Å²) in [5, 5.41) is 14.2. The highest BCUT2D eigenvalue weighted by Gasteiger charge is 2.22. The Hall–Kier alpha value is -3.17. The van der Waals surface area contributed by atoms with Crippen LogP contribution in [0.2, 0.25) is 0 Å². The molecule has 33 heavy (non-hydrogen) atoms. The van der Waals surface area contributed by atoms with Crippen LogP contribution < -0.4 is 10.1 Å². The molecule has 3 aromatic heterocycles. The van der Waals surface area contributed by atoms with Gasteiger partial charge in [0.1, 0.15) is 5.75 Å². The van der Waals surface area contributed by atoms with Crippen molar-refractivity contribution in [3.05, 3.63) is 71.2 Å². The lowest BCUT2D eigenvalue weighted by Crippen LogP contribution is -2.32. The number of rotatable bonds is 10. The Bertz CT molecular complexity index is 1160. The van der Waals surface area contributed by atoms with Crippen molar-refractivity contribution < 1.29 is 9.53 Å². The molecular formula is C24H25N5O2S2. The summed E-state index contributed by atoms with van der Waals surface area (Å²) in [6, 6.07) is 15.7. The number of hydrogen-bond acceptors (Lipinski definition) is 7. The Kier molecular flexibility index (Phi) is 7.74. The van der Waals surface area contributed by atoms with Gasteiger partial charge < -0.3 is 10.1 Å². The largest absolute Gasteiger partial charge is 0.494 e. The molecule has 0 saturated carbocycles. The molecule has 0 fully saturated rings. The highest BCUT2D eigenvalue weighted by molar-refractivity contribution is 8.00. The zero-order valence-corrected chi connectivity index (χ0v) is 20.1. The summed E-state index contributed by atoms with van der Waals surface area (Å²) in [6.07, 6.45) is 4.30. The molecule has 0 spiro atoms. The van der Waals surface area contributed by atoms with Crippen molar-refractivity contribution in [3.8, 4) is 22.8 Å². The van der Waals surface area contributed by atoms with Gasteiger partial charge in [0.2, 0.25) is 5.91 Å². The van der Waals surface area contributed by atoms with Crippen molar-refractivity contribution in [2.75, 3.05) is 13.2 Å². The summed E-state index contributed by atoms with van der Waals surface area (Å²) in [6.45, 7) is 5.05. The number of thiophene rings is 1. The normalized spacial score (nSPS) is 11.8. The molecular weight excluding hydrogens is 454 g/mol. The van der Waals surface area contributed by atoms with Crippen molar-refractivity contribution >= 4 is 29.0 Å². The molecule has 7 nitrogen and oxygen atoms in total. The fourth-order valence-electron chi connectivity index (χ4n) is 3.24. The van der Waals surface area contributed by atoms with Crippen molar-refractivity contribution in [1.29, 1.82) is 0 Å². The van der Waals surface area contributed by atoms with Gasteiger partial charge in [0, 0.05) is 35.1 Å². The number of nitrogens with one attached hydrogen (secondary N) is 1. The van der Waals surface area contributed by atoms with Crippen molar-refractivity contribution in [2.24, 2.45) is 0 Å². The van der Waals surface area contributed by atoms with E-state index in [-0.39, 0.29) is 11.2 Å². The first kappa shape index (κ1) is 23.0. The van der Waals surface area contributed by atoms with Gasteiger partial charge in [-0.15, -0.1) is 21.5 Å². The van der Waals surface area contributed by atoms with Crippen LogP contribution in [0.5, 0.6) is 5.75 Å². The van der Waals surface area contributed by atoms with E-state index < -0.39 is 0 Å². The van der Waals surface area contributed by atoms with E-state index in [0.717, 1.165) is 23.4 Å². The number of carbonyl (C=O) groups excluding carboxylic acids is 1. The quantitative estimate of drug-likeness (QED) is 0.334. The number of pyridine rings is 1. The maximum atomic E-state index is 12.7. The van der Waals surface area contributed by atoms with Crippen LogP contribution in [-0.4, -0.2) is 44.1 Å². The van der Waals surface area contributed by atoms with Crippen LogP contribution in [0.3, 0.4) is 0 Å². The molecule has 0 saturated heterocycles. The van der Waals surface area contributed by atoms with E-state index in [4.69, 9.17) is 4.74 Å². The monoisotopic (exact) mass is 479 g/mol. The molecule has 3 heterocycles. The van der Waals surface area contributed by atoms with Crippen molar-refractivity contribution in [1.82, 2.24) is 25.1 Å². The first-order chi connectivity index (χ1) is 16.2. The van der Waals surface area contributed by atoms with Crippen LogP contribution in [0.1, 0.15) is 18.7 Å². The SMILES string of the molecule is CCOc1ccc(-n2c(SC(C)C(=O)NCCc3cccs3)nnc2-c2cccnc2)cc1. The van der Waals surface area contributed by atoms with E-state index in [1.807, 2.05) is 66.3 Å². The van der Waals surface area contributed by atoms with Crippen LogP contribution in [0.25, 0.3) is 17.1 Å². The van der Waals surface area contributed by atoms with E-state index in [1.165, 1.54) is 16.6 Å². The molecule has 1 N–H and O–H groups in total. The number of amides is 1. The number of ether oxygens (including phenoxy) is 1. The zero-order valence-electron chi connectivity index (χ0n) is 18.5. The van der Waals surface area contributed by atoms with E-state index in [2.05, 4.69) is 26.6 Å². The van der Waals surface area contributed by atoms with Gasteiger partial charge in [-0.05, 0) is 68.1 Å². The summed E-state index contributed by atoms with van der Waals surface area (Å²) < 4.78 is 7.53. The maximum Gasteiger partial charge on any atom is 0.233 e. The second kappa shape index (κ2) is 11.1. The fourth-order valence-corrected chi connectivity index (χ4v) is 4.84. The molecule has 0 bridgehead atoms. The number of benzene rings is 1. The van der Waals surface area contributed by atoms with Crippen LogP contribution in [0, 0.1) is 0 Å². The van der Waals surface area contributed by atoms with E-state index in [1.54, 1.807) is 23.7 Å². The van der Waals surface area contributed by atoms with E-state index in [0.29, 0.717) is 24.1 Å². The standard InChI is InChI=1S/C24H25N5O2S2/c1-3-31-20-10-8-19(9-11-20)29-22(18-6-4-13-25-16-18)27-28-24(29)33-17(2)23(30)26-14-12-21-7-5-15-32-21/h4-11,13,15-17H,3,12,14H2,1-2H3,(H,26,30). The molecule has 1 atom stereocenters. The van der Waals surface area contributed by atoms with Crippen molar-refractivity contribution in [3.63, 3.8) is 0 Å². The molecule has 9 heteroatoms. The van der Waals surface area contributed by atoms with E-state index >= 15 is 0 Å². The van der Waals surface area contributed by atoms with Crippen molar-refractivity contribution in [2.45, 2.75) is 30.7 Å².